The molecule has 0 atom stereocenters. The molecular formula is C43H28N6. The van der Waals surface area contributed by atoms with Gasteiger partial charge in [-0.3, -0.25) is 9.97 Å². The number of pyridine rings is 2. The van der Waals surface area contributed by atoms with Crippen LogP contribution in [-0.2, 0) is 0 Å². The average molecular weight is 629 g/mol. The Hall–Kier alpha value is -6.79. The van der Waals surface area contributed by atoms with E-state index >= 15 is 0 Å². The molecule has 6 nitrogen and oxygen atoms in total. The fraction of sp³-hybridized carbons (Fsp3) is 0. The zero-order chi connectivity index (χ0) is 32.6. The molecule has 6 heteroatoms. The minimum Gasteiger partial charge on any atom is -0.308 e. The van der Waals surface area contributed by atoms with Gasteiger partial charge in [-0.05, 0) is 59.7 Å². The quantitative estimate of drug-likeness (QED) is 0.183. The first-order chi connectivity index (χ1) is 24.3. The van der Waals surface area contributed by atoms with Crippen LogP contribution in [0.2, 0.25) is 0 Å². The highest BCUT2D eigenvalue weighted by atomic mass is 15.0. The first-order valence-corrected chi connectivity index (χ1v) is 16.2. The summed E-state index contributed by atoms with van der Waals surface area (Å²) in [5.74, 6) is 1.59. The van der Waals surface area contributed by atoms with Crippen molar-refractivity contribution in [1.82, 2.24) is 29.5 Å². The van der Waals surface area contributed by atoms with Crippen LogP contribution in [0.3, 0.4) is 0 Å². The zero-order valence-corrected chi connectivity index (χ0v) is 26.3. The number of rotatable bonds is 6. The smallest absolute Gasteiger partial charge is 0.182 e. The Kier molecular flexibility index (Phi) is 7.02. The fourth-order valence-corrected chi connectivity index (χ4v) is 6.58. The fourth-order valence-electron chi connectivity index (χ4n) is 6.58. The first kappa shape index (κ1) is 28.4. The van der Waals surface area contributed by atoms with Gasteiger partial charge in [0.2, 0.25) is 0 Å². The van der Waals surface area contributed by atoms with Gasteiger partial charge in [-0.25, -0.2) is 15.0 Å². The molecule has 0 saturated heterocycles. The molecule has 4 heterocycles. The molecular weight excluding hydrogens is 601 g/mol. The normalized spacial score (nSPS) is 11.3. The molecule has 0 spiro atoms. The van der Waals surface area contributed by atoms with Crippen LogP contribution in [0.25, 0.3) is 84.0 Å². The van der Waals surface area contributed by atoms with Crippen molar-refractivity contribution in [3.63, 3.8) is 0 Å². The van der Waals surface area contributed by atoms with E-state index in [2.05, 4.69) is 136 Å². The van der Waals surface area contributed by atoms with Gasteiger partial charge in [0, 0.05) is 51.6 Å². The summed E-state index contributed by atoms with van der Waals surface area (Å²) in [6.07, 6.45) is 5.28. The number of para-hydroxylation sites is 2. The highest BCUT2D eigenvalue weighted by molar-refractivity contribution is 6.10. The van der Waals surface area contributed by atoms with E-state index in [9.17, 15) is 0 Å². The van der Waals surface area contributed by atoms with Crippen LogP contribution in [0.15, 0.2) is 170 Å². The maximum atomic E-state index is 5.06. The molecule has 4 aromatic heterocycles. The Bertz CT molecular complexity index is 2410. The predicted molar refractivity (Wildman–Crippen MR) is 197 cm³/mol. The predicted octanol–water partition coefficient (Wildman–Crippen LogP) is 10.1. The Morgan fingerprint density at radius 3 is 1.51 bits per heavy atom. The Labute approximate surface area is 283 Å². The van der Waals surface area contributed by atoms with Crippen molar-refractivity contribution in [3.05, 3.63) is 170 Å². The number of nitrogens with zero attached hydrogens (tertiary/aromatic N) is 6. The van der Waals surface area contributed by atoms with Gasteiger partial charge in [-0.15, -0.1) is 0 Å². The van der Waals surface area contributed by atoms with Crippen molar-refractivity contribution in [3.8, 4) is 62.2 Å². The number of aromatic nitrogens is 6. The SMILES string of the molecule is c1ccc(-c2cc(-c3nc(-c4cccnc4)nc(-c4ccccn4)n3)cc(-c3ccccc3)c2-n2c3ccccc3c3ccccc32)cc1. The van der Waals surface area contributed by atoms with E-state index < -0.39 is 0 Å². The molecule has 0 saturated carbocycles. The van der Waals surface area contributed by atoms with Gasteiger partial charge in [0.05, 0.1) is 16.7 Å². The summed E-state index contributed by atoms with van der Waals surface area (Å²) in [4.78, 5) is 23.9. The van der Waals surface area contributed by atoms with E-state index in [1.807, 2.05) is 30.3 Å². The van der Waals surface area contributed by atoms with Gasteiger partial charge in [0.25, 0.3) is 0 Å². The maximum absolute atomic E-state index is 5.06. The van der Waals surface area contributed by atoms with Crippen molar-refractivity contribution in [1.29, 1.82) is 0 Å². The first-order valence-electron chi connectivity index (χ1n) is 16.2. The molecule has 0 aliphatic carbocycles. The van der Waals surface area contributed by atoms with Crippen LogP contribution >= 0.6 is 0 Å². The lowest BCUT2D eigenvalue weighted by atomic mass is 9.92. The van der Waals surface area contributed by atoms with Crippen LogP contribution in [0.1, 0.15) is 0 Å². The van der Waals surface area contributed by atoms with Gasteiger partial charge in [-0.1, -0.05) is 103 Å². The molecule has 9 aromatic rings. The minimum atomic E-state index is 0.499. The van der Waals surface area contributed by atoms with E-state index in [0.717, 1.165) is 50.1 Å². The topological polar surface area (TPSA) is 69.4 Å². The Morgan fingerprint density at radius 1 is 0.408 bits per heavy atom. The highest BCUT2D eigenvalue weighted by Gasteiger charge is 2.23. The van der Waals surface area contributed by atoms with E-state index in [-0.39, 0.29) is 0 Å². The minimum absolute atomic E-state index is 0.499. The largest absolute Gasteiger partial charge is 0.308 e. The molecule has 0 unspecified atom stereocenters. The number of hydrogen-bond acceptors (Lipinski definition) is 5. The van der Waals surface area contributed by atoms with Crippen molar-refractivity contribution in [2.75, 3.05) is 0 Å². The summed E-state index contributed by atoms with van der Waals surface area (Å²) >= 11 is 0. The average Bonchev–Trinajstić information content (AvgIpc) is 3.52. The molecule has 49 heavy (non-hydrogen) atoms. The maximum Gasteiger partial charge on any atom is 0.182 e. The van der Waals surface area contributed by atoms with Crippen LogP contribution in [-0.4, -0.2) is 29.5 Å². The second-order valence-electron chi connectivity index (χ2n) is 11.8. The molecule has 0 bridgehead atoms. The molecule has 5 aromatic carbocycles. The van der Waals surface area contributed by atoms with Crippen LogP contribution in [0, 0.1) is 0 Å². The van der Waals surface area contributed by atoms with Gasteiger partial charge in [0.1, 0.15) is 5.69 Å². The van der Waals surface area contributed by atoms with Gasteiger partial charge >= 0.3 is 0 Å². The summed E-state index contributed by atoms with van der Waals surface area (Å²) < 4.78 is 2.41. The molecule has 0 radical (unpaired) electrons. The standard InChI is InChI=1S/C43H28N6/c1-3-14-29(15-4-1)35-26-32(42-46-41(31-18-13-24-44-28-31)47-43(48-42)37-21-11-12-25-45-37)27-36(30-16-5-2-6-17-30)40(35)49-38-22-9-7-19-33(38)34-20-8-10-23-39(34)49/h1-28H. The molecule has 9 rings (SSSR count). The number of hydrogen-bond donors (Lipinski definition) is 0. The summed E-state index contributed by atoms with van der Waals surface area (Å²) in [5, 5.41) is 2.41. The molecule has 0 aliphatic heterocycles. The number of benzene rings is 5. The van der Waals surface area contributed by atoms with E-state index in [4.69, 9.17) is 15.0 Å². The summed E-state index contributed by atoms with van der Waals surface area (Å²) in [5.41, 5.74) is 10.0. The Balaban J connectivity index is 1.40. The summed E-state index contributed by atoms with van der Waals surface area (Å²) in [6.45, 7) is 0. The second-order valence-corrected chi connectivity index (χ2v) is 11.8. The van der Waals surface area contributed by atoms with E-state index in [1.54, 1.807) is 18.6 Å². The third-order valence-corrected chi connectivity index (χ3v) is 8.79. The van der Waals surface area contributed by atoms with Gasteiger partial charge in [0.15, 0.2) is 17.5 Å². The third-order valence-electron chi connectivity index (χ3n) is 8.79. The summed E-state index contributed by atoms with van der Waals surface area (Å²) in [6, 6.07) is 52.4. The van der Waals surface area contributed by atoms with Crippen molar-refractivity contribution in [2.45, 2.75) is 0 Å². The molecule has 0 fully saturated rings. The second kappa shape index (κ2) is 12.1. The highest BCUT2D eigenvalue weighted by Crippen LogP contribution is 2.43. The van der Waals surface area contributed by atoms with Crippen LogP contribution in [0.5, 0.6) is 0 Å². The van der Waals surface area contributed by atoms with Crippen LogP contribution in [0.4, 0.5) is 0 Å². The lowest BCUT2D eigenvalue weighted by Crippen LogP contribution is -2.04. The number of fused-ring (bicyclic) bond motifs is 3. The van der Waals surface area contributed by atoms with E-state index in [1.165, 1.54) is 10.8 Å². The van der Waals surface area contributed by atoms with Gasteiger partial charge < -0.3 is 4.57 Å². The van der Waals surface area contributed by atoms with Crippen molar-refractivity contribution in [2.24, 2.45) is 0 Å². The molecule has 0 amide bonds. The molecule has 230 valence electrons. The monoisotopic (exact) mass is 628 g/mol. The lowest BCUT2D eigenvalue weighted by Gasteiger charge is -2.21. The van der Waals surface area contributed by atoms with Crippen molar-refractivity contribution < 1.29 is 0 Å². The van der Waals surface area contributed by atoms with Gasteiger partial charge in [-0.2, -0.15) is 0 Å². The Morgan fingerprint density at radius 2 is 0.939 bits per heavy atom. The molecule has 0 aliphatic rings. The zero-order valence-electron chi connectivity index (χ0n) is 26.3. The third kappa shape index (κ3) is 5.12. The lowest BCUT2D eigenvalue weighted by molar-refractivity contribution is 1.05. The van der Waals surface area contributed by atoms with E-state index in [0.29, 0.717) is 23.2 Å². The summed E-state index contributed by atoms with van der Waals surface area (Å²) in [7, 11) is 0. The van der Waals surface area contributed by atoms with Crippen molar-refractivity contribution >= 4 is 21.8 Å². The molecule has 0 N–H and O–H groups in total. The van der Waals surface area contributed by atoms with Crippen LogP contribution < -0.4 is 0 Å².